The third-order valence-corrected chi connectivity index (χ3v) is 5.83. The van der Waals surface area contributed by atoms with E-state index in [9.17, 15) is 9.59 Å². The highest BCUT2D eigenvalue weighted by Crippen LogP contribution is 2.37. The summed E-state index contributed by atoms with van der Waals surface area (Å²) in [5.74, 6) is -0.702. The average Bonchev–Trinajstić information content (AvgIpc) is 2.77. The van der Waals surface area contributed by atoms with Crippen molar-refractivity contribution >= 4 is 29.1 Å². The van der Waals surface area contributed by atoms with E-state index in [2.05, 4.69) is 5.32 Å². The molecule has 1 aliphatic rings. The van der Waals surface area contributed by atoms with Crippen LogP contribution in [0.4, 0.5) is 5.69 Å². The number of carbonyl (C=O) groups is 2. The molecule has 156 valence electrons. The van der Waals surface area contributed by atoms with Gasteiger partial charge < -0.3 is 5.32 Å². The summed E-state index contributed by atoms with van der Waals surface area (Å²) >= 11 is 6.01. The molecular formula is C26H23ClN2O2. The summed E-state index contributed by atoms with van der Waals surface area (Å²) < 4.78 is 0. The van der Waals surface area contributed by atoms with Crippen molar-refractivity contribution in [2.24, 2.45) is 0 Å². The van der Waals surface area contributed by atoms with Crippen molar-refractivity contribution in [3.05, 3.63) is 113 Å². The molecule has 2 atom stereocenters. The number of anilines is 1. The molecule has 2 amide bonds. The van der Waals surface area contributed by atoms with Gasteiger partial charge in [0.25, 0.3) is 5.91 Å². The first kappa shape index (κ1) is 20.9. The molecular weight excluding hydrogens is 408 g/mol. The summed E-state index contributed by atoms with van der Waals surface area (Å²) in [5, 5.41) is 3.64. The van der Waals surface area contributed by atoms with Crippen LogP contribution in [0.3, 0.4) is 0 Å². The molecule has 0 radical (unpaired) electrons. The van der Waals surface area contributed by atoms with E-state index in [-0.39, 0.29) is 24.2 Å². The smallest absolute Gasteiger partial charge is 0.257 e. The number of halogens is 1. The SMILES string of the molecule is CC1(NC(=O)Cc2ccccc2)C(=O)N(c2ccc(Cl)cc2)C=CC1c1ccccc1. The normalized spacial score (nSPS) is 20.5. The number of benzene rings is 3. The van der Waals surface area contributed by atoms with Crippen molar-refractivity contribution < 1.29 is 9.59 Å². The molecule has 4 nitrogen and oxygen atoms in total. The zero-order valence-corrected chi connectivity index (χ0v) is 17.9. The van der Waals surface area contributed by atoms with Crippen molar-refractivity contribution in [1.29, 1.82) is 0 Å². The summed E-state index contributed by atoms with van der Waals surface area (Å²) in [4.78, 5) is 28.3. The highest BCUT2D eigenvalue weighted by atomic mass is 35.5. The number of carbonyl (C=O) groups excluding carboxylic acids is 2. The second-order valence-electron chi connectivity index (χ2n) is 7.79. The summed E-state index contributed by atoms with van der Waals surface area (Å²) in [6.07, 6.45) is 3.94. The van der Waals surface area contributed by atoms with Crippen LogP contribution in [0.2, 0.25) is 5.02 Å². The van der Waals surface area contributed by atoms with Gasteiger partial charge in [0.15, 0.2) is 0 Å². The van der Waals surface area contributed by atoms with E-state index in [1.54, 1.807) is 42.3 Å². The van der Waals surface area contributed by atoms with Gasteiger partial charge in [0.2, 0.25) is 5.91 Å². The van der Waals surface area contributed by atoms with Crippen LogP contribution < -0.4 is 10.2 Å². The second-order valence-corrected chi connectivity index (χ2v) is 8.23. The Balaban J connectivity index is 1.69. The van der Waals surface area contributed by atoms with Crippen molar-refractivity contribution in [1.82, 2.24) is 5.32 Å². The van der Waals surface area contributed by atoms with E-state index < -0.39 is 5.54 Å². The third kappa shape index (κ3) is 4.39. The predicted octanol–water partition coefficient (Wildman–Crippen LogP) is 5.10. The van der Waals surface area contributed by atoms with Gasteiger partial charge in [0, 0.05) is 22.8 Å². The lowest BCUT2D eigenvalue weighted by atomic mass is 9.77. The molecule has 3 aromatic rings. The topological polar surface area (TPSA) is 49.4 Å². The third-order valence-electron chi connectivity index (χ3n) is 5.58. The van der Waals surface area contributed by atoms with E-state index in [0.717, 1.165) is 11.1 Å². The lowest BCUT2D eigenvalue weighted by Gasteiger charge is -2.42. The Bertz CT molecular complexity index is 1100. The molecule has 0 bridgehead atoms. The number of hydrogen-bond donors (Lipinski definition) is 1. The Morgan fingerprint density at radius 1 is 0.968 bits per heavy atom. The average molecular weight is 431 g/mol. The van der Waals surface area contributed by atoms with Crippen molar-refractivity contribution in [3.8, 4) is 0 Å². The Hall–Kier alpha value is -3.37. The van der Waals surface area contributed by atoms with Crippen LogP contribution in [0.1, 0.15) is 24.0 Å². The maximum absolute atomic E-state index is 13.7. The molecule has 0 aliphatic carbocycles. The summed E-state index contributed by atoms with van der Waals surface area (Å²) in [5.41, 5.74) is 1.40. The van der Waals surface area contributed by atoms with Crippen LogP contribution in [0.25, 0.3) is 0 Å². The van der Waals surface area contributed by atoms with Crippen LogP contribution in [0.15, 0.2) is 97.2 Å². The number of amides is 2. The maximum atomic E-state index is 13.7. The van der Waals surface area contributed by atoms with E-state index in [4.69, 9.17) is 11.6 Å². The van der Waals surface area contributed by atoms with Gasteiger partial charge in [-0.25, -0.2) is 0 Å². The van der Waals surface area contributed by atoms with Gasteiger partial charge in [-0.3, -0.25) is 14.5 Å². The molecule has 1 heterocycles. The van der Waals surface area contributed by atoms with Crippen molar-refractivity contribution in [2.45, 2.75) is 24.8 Å². The summed E-state index contributed by atoms with van der Waals surface area (Å²) in [7, 11) is 0. The number of nitrogens with zero attached hydrogens (tertiary/aromatic N) is 1. The highest BCUT2D eigenvalue weighted by Gasteiger charge is 2.47. The van der Waals surface area contributed by atoms with Crippen molar-refractivity contribution in [2.75, 3.05) is 4.90 Å². The first-order valence-corrected chi connectivity index (χ1v) is 10.5. The first-order chi connectivity index (χ1) is 15.0. The molecule has 5 heteroatoms. The minimum atomic E-state index is -1.15. The fraction of sp³-hybridized carbons (Fsp3) is 0.154. The lowest BCUT2D eigenvalue weighted by Crippen LogP contribution is -2.62. The predicted molar refractivity (Wildman–Crippen MR) is 124 cm³/mol. The quantitative estimate of drug-likeness (QED) is 0.612. The van der Waals surface area contributed by atoms with Crippen LogP contribution >= 0.6 is 11.6 Å². The van der Waals surface area contributed by atoms with Gasteiger partial charge in [-0.15, -0.1) is 0 Å². The fourth-order valence-corrected chi connectivity index (χ4v) is 4.10. The molecule has 0 aromatic heterocycles. The Labute approximate surface area is 187 Å². The lowest BCUT2D eigenvalue weighted by molar-refractivity contribution is -0.131. The second kappa shape index (κ2) is 8.78. The number of hydrogen-bond acceptors (Lipinski definition) is 2. The minimum absolute atomic E-state index is 0.200. The molecule has 31 heavy (non-hydrogen) atoms. The molecule has 2 unspecified atom stereocenters. The Morgan fingerprint density at radius 2 is 1.58 bits per heavy atom. The summed E-state index contributed by atoms with van der Waals surface area (Å²) in [6.45, 7) is 1.79. The van der Waals surface area contributed by atoms with E-state index in [1.165, 1.54) is 0 Å². The zero-order chi connectivity index (χ0) is 21.8. The number of rotatable bonds is 5. The molecule has 0 fully saturated rings. The molecule has 0 saturated heterocycles. The number of nitrogens with one attached hydrogen (secondary N) is 1. The largest absolute Gasteiger partial charge is 0.341 e. The standard InChI is InChI=1S/C26H23ClN2O2/c1-26(28-24(30)18-19-8-4-2-5-9-19)23(20-10-6-3-7-11-20)16-17-29(25(26)31)22-14-12-21(27)13-15-22/h2-17,23H,18H2,1H3,(H,28,30). The Kier molecular flexibility index (Phi) is 5.92. The van der Waals surface area contributed by atoms with Crippen LogP contribution in [0.5, 0.6) is 0 Å². The minimum Gasteiger partial charge on any atom is -0.341 e. The van der Waals surface area contributed by atoms with E-state index in [0.29, 0.717) is 10.7 Å². The van der Waals surface area contributed by atoms with E-state index >= 15 is 0 Å². The molecule has 0 spiro atoms. The van der Waals surface area contributed by atoms with Crippen molar-refractivity contribution in [3.63, 3.8) is 0 Å². The van der Waals surface area contributed by atoms with Crippen LogP contribution in [-0.2, 0) is 16.0 Å². The maximum Gasteiger partial charge on any atom is 0.257 e. The molecule has 1 N–H and O–H groups in total. The Morgan fingerprint density at radius 3 is 2.23 bits per heavy atom. The van der Waals surface area contributed by atoms with Gasteiger partial charge >= 0.3 is 0 Å². The fourth-order valence-electron chi connectivity index (χ4n) is 3.97. The molecule has 4 rings (SSSR count). The first-order valence-electron chi connectivity index (χ1n) is 10.1. The highest BCUT2D eigenvalue weighted by molar-refractivity contribution is 6.30. The van der Waals surface area contributed by atoms with E-state index in [1.807, 2.05) is 66.7 Å². The van der Waals surface area contributed by atoms with Gasteiger partial charge in [-0.1, -0.05) is 78.3 Å². The zero-order valence-electron chi connectivity index (χ0n) is 17.2. The van der Waals surface area contributed by atoms with Gasteiger partial charge in [-0.05, 0) is 42.3 Å². The summed E-state index contributed by atoms with van der Waals surface area (Å²) in [6, 6.07) is 26.3. The van der Waals surface area contributed by atoms with Gasteiger partial charge in [0.05, 0.1) is 6.42 Å². The monoisotopic (exact) mass is 430 g/mol. The molecule has 3 aromatic carbocycles. The van der Waals surface area contributed by atoms with Gasteiger partial charge in [-0.2, -0.15) is 0 Å². The van der Waals surface area contributed by atoms with Gasteiger partial charge in [0.1, 0.15) is 5.54 Å². The van der Waals surface area contributed by atoms with Crippen LogP contribution in [-0.4, -0.2) is 17.4 Å². The molecule has 1 aliphatic heterocycles. The van der Waals surface area contributed by atoms with Crippen LogP contribution in [0, 0.1) is 0 Å². The molecule has 0 saturated carbocycles.